The van der Waals surface area contributed by atoms with E-state index < -0.39 is 12.1 Å². The van der Waals surface area contributed by atoms with Crippen molar-refractivity contribution in [1.82, 2.24) is 4.90 Å². The van der Waals surface area contributed by atoms with Crippen LogP contribution in [0, 0.1) is 0 Å². The number of esters is 1. The Kier molecular flexibility index (Phi) is 10.0. The first-order chi connectivity index (χ1) is 17.1. The number of urea groups is 1. The molecule has 1 saturated heterocycles. The van der Waals surface area contributed by atoms with Gasteiger partial charge < -0.3 is 24.2 Å². The number of aliphatic hydroxyl groups excluding tert-OH is 1. The summed E-state index contributed by atoms with van der Waals surface area (Å²) in [6, 6.07) is 8.80. The van der Waals surface area contributed by atoms with Crippen molar-refractivity contribution in [2.45, 2.75) is 45.6 Å². The zero-order valence-corrected chi connectivity index (χ0v) is 24.1. The normalized spacial score (nSPS) is 14.1. The third-order valence-electron chi connectivity index (χ3n) is 5.90. The smallest absolute Gasteiger partial charge is 0.326 e. The number of anilines is 1. The van der Waals surface area contributed by atoms with Crippen LogP contribution in [0.3, 0.4) is 0 Å². The number of carbonyl (C=O) groups excluding carboxylic acids is 2. The highest BCUT2D eigenvalue weighted by molar-refractivity contribution is 9.11. The summed E-state index contributed by atoms with van der Waals surface area (Å²) in [5.41, 5.74) is 1.53. The number of rotatable bonds is 8. The van der Waals surface area contributed by atoms with Crippen molar-refractivity contribution in [1.29, 1.82) is 0 Å². The van der Waals surface area contributed by atoms with Crippen LogP contribution in [-0.2, 0) is 9.53 Å². The molecule has 36 heavy (non-hydrogen) atoms. The minimum Gasteiger partial charge on any atom is -0.496 e. The first-order valence-electron chi connectivity index (χ1n) is 11.9. The summed E-state index contributed by atoms with van der Waals surface area (Å²) >= 11 is 7.14. The SMILES string of the molecule is CCOC(=O)CN(C(=O)N1CCC(O)CC1)c1cc(Br)c(Oc2ccc(OC)c(C(C)C)c2)c(Br)c1. The van der Waals surface area contributed by atoms with Crippen LogP contribution in [0.25, 0.3) is 0 Å². The molecule has 3 rings (SSSR count). The Balaban J connectivity index is 1.91. The van der Waals surface area contributed by atoms with Gasteiger partial charge in [0.25, 0.3) is 0 Å². The van der Waals surface area contributed by atoms with Gasteiger partial charge in [-0.05, 0) is 87.9 Å². The molecule has 2 aromatic carbocycles. The Morgan fingerprint density at radius 3 is 2.33 bits per heavy atom. The Hall–Kier alpha value is -2.30. The number of benzene rings is 2. The molecule has 1 aliphatic heterocycles. The summed E-state index contributed by atoms with van der Waals surface area (Å²) in [5, 5.41) is 9.82. The van der Waals surface area contributed by atoms with Gasteiger partial charge in [-0.15, -0.1) is 0 Å². The second-order valence-corrected chi connectivity index (χ2v) is 10.5. The summed E-state index contributed by atoms with van der Waals surface area (Å²) in [6.45, 7) is 6.70. The molecular weight excluding hydrogens is 596 g/mol. The van der Waals surface area contributed by atoms with Gasteiger partial charge >= 0.3 is 12.0 Å². The molecule has 1 aliphatic rings. The molecule has 0 radical (unpaired) electrons. The van der Waals surface area contributed by atoms with Gasteiger partial charge in [-0.1, -0.05) is 13.8 Å². The molecule has 10 heteroatoms. The molecule has 2 aromatic rings. The molecule has 1 heterocycles. The minimum absolute atomic E-state index is 0.219. The van der Waals surface area contributed by atoms with E-state index in [1.165, 1.54) is 4.90 Å². The van der Waals surface area contributed by atoms with E-state index in [0.29, 0.717) is 52.1 Å². The molecule has 0 aliphatic carbocycles. The largest absolute Gasteiger partial charge is 0.496 e. The maximum Gasteiger partial charge on any atom is 0.326 e. The summed E-state index contributed by atoms with van der Waals surface area (Å²) in [7, 11) is 1.64. The van der Waals surface area contributed by atoms with Crippen molar-refractivity contribution in [3.63, 3.8) is 0 Å². The highest BCUT2D eigenvalue weighted by Crippen LogP contribution is 2.41. The molecule has 0 saturated carbocycles. The van der Waals surface area contributed by atoms with E-state index in [4.69, 9.17) is 14.2 Å². The molecule has 196 valence electrons. The fourth-order valence-electron chi connectivity index (χ4n) is 3.98. The monoisotopic (exact) mass is 626 g/mol. The summed E-state index contributed by atoms with van der Waals surface area (Å²) in [5.74, 6) is 1.71. The standard InChI is InChI=1S/C26H32Br2N2O6/c1-5-35-24(32)15-30(26(33)29-10-8-18(31)9-11-29)17-12-21(27)25(22(28)13-17)36-19-6-7-23(34-4)20(14-19)16(2)3/h6-7,12-14,16,18,31H,5,8-11,15H2,1-4H3. The number of likely N-dealkylation sites (tertiary alicyclic amines) is 1. The number of methoxy groups -OCH3 is 1. The fourth-order valence-corrected chi connectivity index (χ4v) is 5.30. The average Bonchev–Trinajstić information content (AvgIpc) is 2.84. The van der Waals surface area contributed by atoms with E-state index in [1.807, 2.05) is 18.2 Å². The van der Waals surface area contributed by atoms with Gasteiger partial charge in [0.05, 0.1) is 28.8 Å². The van der Waals surface area contributed by atoms with Gasteiger partial charge in [-0.3, -0.25) is 9.69 Å². The lowest BCUT2D eigenvalue weighted by Gasteiger charge is -2.34. The Morgan fingerprint density at radius 2 is 1.78 bits per heavy atom. The fraction of sp³-hybridized carbons (Fsp3) is 0.462. The topological polar surface area (TPSA) is 88.5 Å². The molecule has 8 nitrogen and oxygen atoms in total. The van der Waals surface area contributed by atoms with Gasteiger partial charge in [-0.25, -0.2) is 4.79 Å². The molecule has 0 unspecified atom stereocenters. The molecule has 1 N–H and O–H groups in total. The molecule has 0 spiro atoms. The van der Waals surface area contributed by atoms with Crippen LogP contribution in [0.2, 0.25) is 0 Å². The lowest BCUT2D eigenvalue weighted by molar-refractivity contribution is -0.141. The van der Waals surface area contributed by atoms with Crippen LogP contribution in [0.15, 0.2) is 39.3 Å². The highest BCUT2D eigenvalue weighted by Gasteiger charge is 2.29. The van der Waals surface area contributed by atoms with Crippen molar-refractivity contribution in [2.75, 3.05) is 38.3 Å². The van der Waals surface area contributed by atoms with Crippen LogP contribution in [0.1, 0.15) is 45.1 Å². The minimum atomic E-state index is -0.505. The van der Waals surface area contributed by atoms with Crippen molar-refractivity contribution >= 4 is 49.5 Å². The summed E-state index contributed by atoms with van der Waals surface area (Å²) in [6.07, 6.45) is 0.583. The van der Waals surface area contributed by atoms with Crippen molar-refractivity contribution in [3.8, 4) is 17.2 Å². The maximum absolute atomic E-state index is 13.4. The number of piperidine rings is 1. The number of ether oxygens (including phenoxy) is 3. The summed E-state index contributed by atoms with van der Waals surface area (Å²) in [4.78, 5) is 28.8. The van der Waals surface area contributed by atoms with Crippen LogP contribution < -0.4 is 14.4 Å². The number of carbonyl (C=O) groups is 2. The Morgan fingerprint density at radius 1 is 1.14 bits per heavy atom. The maximum atomic E-state index is 13.4. The number of aliphatic hydroxyl groups is 1. The van der Waals surface area contributed by atoms with E-state index >= 15 is 0 Å². The van der Waals surface area contributed by atoms with E-state index in [1.54, 1.807) is 31.1 Å². The van der Waals surface area contributed by atoms with Gasteiger partial charge in [0.15, 0.2) is 5.75 Å². The molecule has 0 atom stereocenters. The first-order valence-corrected chi connectivity index (χ1v) is 13.5. The third-order valence-corrected chi connectivity index (χ3v) is 7.07. The third kappa shape index (κ3) is 6.92. The Labute approximate surface area is 228 Å². The second-order valence-electron chi connectivity index (χ2n) is 8.79. The van der Waals surface area contributed by atoms with E-state index in [9.17, 15) is 14.7 Å². The molecule has 0 bridgehead atoms. The number of amides is 2. The second kappa shape index (κ2) is 12.8. The Bertz CT molecular complexity index is 1060. The van der Waals surface area contributed by atoms with Gasteiger partial charge in [-0.2, -0.15) is 0 Å². The van der Waals surface area contributed by atoms with E-state index in [-0.39, 0.29) is 25.1 Å². The van der Waals surface area contributed by atoms with Crippen LogP contribution in [0.5, 0.6) is 17.2 Å². The zero-order chi connectivity index (χ0) is 26.4. The number of hydrogen-bond acceptors (Lipinski definition) is 6. The molecular formula is C26H32Br2N2O6. The van der Waals surface area contributed by atoms with Crippen LogP contribution >= 0.6 is 31.9 Å². The van der Waals surface area contributed by atoms with Crippen molar-refractivity contribution < 1.29 is 28.9 Å². The predicted octanol–water partition coefficient (Wildman–Crippen LogP) is 6.08. The van der Waals surface area contributed by atoms with Crippen LogP contribution in [0.4, 0.5) is 10.5 Å². The van der Waals surface area contributed by atoms with E-state index in [0.717, 1.165) is 11.3 Å². The summed E-state index contributed by atoms with van der Waals surface area (Å²) < 4.78 is 18.0. The van der Waals surface area contributed by atoms with Gasteiger partial charge in [0.2, 0.25) is 0 Å². The number of hydrogen-bond donors (Lipinski definition) is 1. The molecule has 2 amide bonds. The highest BCUT2D eigenvalue weighted by atomic mass is 79.9. The predicted molar refractivity (Wildman–Crippen MR) is 145 cm³/mol. The lowest BCUT2D eigenvalue weighted by Crippen LogP contribution is -2.49. The van der Waals surface area contributed by atoms with Gasteiger partial charge in [0, 0.05) is 24.3 Å². The number of halogens is 2. The zero-order valence-electron chi connectivity index (χ0n) is 20.9. The van der Waals surface area contributed by atoms with Crippen molar-refractivity contribution in [3.05, 3.63) is 44.8 Å². The number of nitrogens with zero attached hydrogens (tertiary/aromatic N) is 2. The quantitative estimate of drug-likeness (QED) is 0.357. The first kappa shape index (κ1) is 28.3. The van der Waals surface area contributed by atoms with E-state index in [2.05, 4.69) is 45.7 Å². The average molecular weight is 628 g/mol. The van der Waals surface area contributed by atoms with Crippen LogP contribution in [-0.4, -0.2) is 61.5 Å². The molecule has 1 fully saturated rings. The lowest BCUT2D eigenvalue weighted by atomic mass is 10.0. The van der Waals surface area contributed by atoms with Gasteiger partial charge in [0.1, 0.15) is 18.0 Å². The van der Waals surface area contributed by atoms with Crippen molar-refractivity contribution in [2.24, 2.45) is 0 Å². The molecule has 0 aromatic heterocycles.